The zero-order chi connectivity index (χ0) is 22.9. The Hall–Kier alpha value is -3.29. The van der Waals surface area contributed by atoms with Crippen LogP contribution in [0.5, 0.6) is 0 Å². The summed E-state index contributed by atoms with van der Waals surface area (Å²) in [6.45, 7) is 4.50. The highest BCUT2D eigenvalue weighted by atomic mass is 16.2. The Morgan fingerprint density at radius 2 is 1.88 bits per heavy atom. The van der Waals surface area contributed by atoms with E-state index in [1.807, 2.05) is 42.2 Å². The van der Waals surface area contributed by atoms with E-state index in [0.717, 1.165) is 36.1 Å². The van der Waals surface area contributed by atoms with Crippen molar-refractivity contribution in [2.24, 2.45) is 0 Å². The number of carbonyl (C=O) groups excluding carboxylic acids is 3. The highest BCUT2D eigenvalue weighted by molar-refractivity contribution is 6.00. The standard InChI is InChI=1S/C25H29N5O3/c1-17-20-13-22(32)30(14-18-7-3-2-4-8-18)25(20)27-24(26-17)19-9-5-11-28(15-19)23(33)16-29-12-6-10-21(29)31/h2-4,7-8,19H,5-6,9-16H2,1H3. The maximum absolute atomic E-state index is 12.9. The average molecular weight is 448 g/mol. The van der Waals surface area contributed by atoms with Gasteiger partial charge in [-0.15, -0.1) is 0 Å². The van der Waals surface area contributed by atoms with Crippen LogP contribution < -0.4 is 4.90 Å². The Morgan fingerprint density at radius 1 is 1.06 bits per heavy atom. The van der Waals surface area contributed by atoms with Gasteiger partial charge in [0.25, 0.3) is 0 Å². The van der Waals surface area contributed by atoms with Gasteiger partial charge in [0.15, 0.2) is 0 Å². The van der Waals surface area contributed by atoms with Crippen LogP contribution in [0.15, 0.2) is 30.3 Å². The lowest BCUT2D eigenvalue weighted by Crippen LogP contribution is -2.45. The van der Waals surface area contributed by atoms with Gasteiger partial charge in [0.1, 0.15) is 11.6 Å². The molecule has 4 heterocycles. The number of hydrogen-bond acceptors (Lipinski definition) is 5. The normalized spacial score (nSPS) is 20.5. The van der Waals surface area contributed by atoms with Crippen molar-refractivity contribution in [1.29, 1.82) is 0 Å². The van der Waals surface area contributed by atoms with Crippen LogP contribution in [0.1, 0.15) is 54.2 Å². The van der Waals surface area contributed by atoms with Crippen LogP contribution in [0.25, 0.3) is 0 Å². The quantitative estimate of drug-likeness (QED) is 0.701. The van der Waals surface area contributed by atoms with Crippen molar-refractivity contribution < 1.29 is 14.4 Å². The summed E-state index contributed by atoms with van der Waals surface area (Å²) in [5.74, 6) is 1.53. The third-order valence-corrected chi connectivity index (χ3v) is 6.91. The third kappa shape index (κ3) is 4.34. The fraction of sp³-hybridized carbons (Fsp3) is 0.480. The molecule has 2 saturated heterocycles. The molecule has 3 aliphatic heterocycles. The molecule has 3 aliphatic rings. The van der Waals surface area contributed by atoms with Crippen molar-refractivity contribution in [1.82, 2.24) is 19.8 Å². The van der Waals surface area contributed by atoms with Crippen LogP contribution in [0.2, 0.25) is 0 Å². The molecule has 3 amide bonds. The molecule has 1 unspecified atom stereocenters. The maximum Gasteiger partial charge on any atom is 0.242 e. The first kappa shape index (κ1) is 21.6. The first-order chi connectivity index (χ1) is 16.0. The molecule has 5 rings (SSSR count). The van der Waals surface area contributed by atoms with E-state index in [4.69, 9.17) is 9.97 Å². The molecule has 0 spiro atoms. The van der Waals surface area contributed by atoms with Gasteiger partial charge in [-0.25, -0.2) is 9.97 Å². The highest BCUT2D eigenvalue weighted by Gasteiger charge is 2.34. The zero-order valence-electron chi connectivity index (χ0n) is 19.0. The van der Waals surface area contributed by atoms with E-state index in [-0.39, 0.29) is 30.2 Å². The number of fused-ring (bicyclic) bond motifs is 1. The molecule has 2 fully saturated rings. The first-order valence-corrected chi connectivity index (χ1v) is 11.8. The van der Waals surface area contributed by atoms with Gasteiger partial charge in [-0.3, -0.25) is 19.3 Å². The topological polar surface area (TPSA) is 86.7 Å². The van der Waals surface area contributed by atoms with Crippen molar-refractivity contribution >= 4 is 23.5 Å². The number of nitrogens with zero attached hydrogens (tertiary/aromatic N) is 5. The fourth-order valence-corrected chi connectivity index (χ4v) is 5.06. The molecule has 1 atom stereocenters. The molecule has 33 heavy (non-hydrogen) atoms. The molecule has 172 valence electrons. The molecule has 2 aromatic rings. The number of benzene rings is 1. The van der Waals surface area contributed by atoms with E-state index in [0.29, 0.717) is 50.7 Å². The van der Waals surface area contributed by atoms with E-state index < -0.39 is 0 Å². The van der Waals surface area contributed by atoms with Gasteiger partial charge in [-0.1, -0.05) is 30.3 Å². The molecular weight excluding hydrogens is 418 g/mol. The maximum atomic E-state index is 12.9. The minimum absolute atomic E-state index is 0.00582. The molecule has 1 aromatic heterocycles. The summed E-state index contributed by atoms with van der Waals surface area (Å²) in [5.41, 5.74) is 2.79. The predicted octanol–water partition coefficient (Wildman–Crippen LogP) is 2.20. The number of aryl methyl sites for hydroxylation is 1. The van der Waals surface area contributed by atoms with Gasteiger partial charge in [0.05, 0.1) is 19.5 Å². The van der Waals surface area contributed by atoms with Crippen LogP contribution >= 0.6 is 0 Å². The Morgan fingerprint density at radius 3 is 2.64 bits per heavy atom. The van der Waals surface area contributed by atoms with Crippen molar-refractivity contribution in [2.45, 2.75) is 51.5 Å². The second kappa shape index (κ2) is 8.92. The number of amides is 3. The van der Waals surface area contributed by atoms with Gasteiger partial charge >= 0.3 is 0 Å². The first-order valence-electron chi connectivity index (χ1n) is 11.8. The minimum Gasteiger partial charge on any atom is -0.340 e. The molecular formula is C25H29N5O3. The van der Waals surface area contributed by atoms with Crippen molar-refractivity contribution in [3.8, 4) is 0 Å². The van der Waals surface area contributed by atoms with E-state index in [9.17, 15) is 14.4 Å². The summed E-state index contributed by atoms with van der Waals surface area (Å²) in [5, 5.41) is 0. The number of piperidine rings is 1. The average Bonchev–Trinajstić information content (AvgIpc) is 3.37. The Balaban J connectivity index is 1.34. The Kier molecular flexibility index (Phi) is 5.83. The van der Waals surface area contributed by atoms with Gasteiger partial charge < -0.3 is 9.80 Å². The van der Waals surface area contributed by atoms with Crippen molar-refractivity contribution in [3.63, 3.8) is 0 Å². The highest BCUT2D eigenvalue weighted by Crippen LogP contribution is 2.33. The second-order valence-corrected chi connectivity index (χ2v) is 9.21. The van der Waals surface area contributed by atoms with Gasteiger partial charge in [-0.2, -0.15) is 0 Å². The Labute approximate surface area is 193 Å². The summed E-state index contributed by atoms with van der Waals surface area (Å²) >= 11 is 0. The molecule has 1 aromatic carbocycles. The summed E-state index contributed by atoms with van der Waals surface area (Å²) in [4.78, 5) is 52.5. The minimum atomic E-state index is -0.00582. The number of rotatable bonds is 5. The molecule has 0 N–H and O–H groups in total. The van der Waals surface area contributed by atoms with Crippen LogP contribution in [0.4, 0.5) is 5.82 Å². The van der Waals surface area contributed by atoms with E-state index in [2.05, 4.69) is 0 Å². The second-order valence-electron chi connectivity index (χ2n) is 9.21. The number of carbonyl (C=O) groups is 3. The van der Waals surface area contributed by atoms with Crippen LogP contribution in [0, 0.1) is 6.92 Å². The van der Waals surface area contributed by atoms with Crippen molar-refractivity contribution in [3.05, 3.63) is 53.0 Å². The van der Waals surface area contributed by atoms with Gasteiger partial charge in [0.2, 0.25) is 17.7 Å². The Bertz CT molecular complexity index is 1090. The van der Waals surface area contributed by atoms with Gasteiger partial charge in [0, 0.05) is 43.2 Å². The number of aromatic nitrogens is 2. The van der Waals surface area contributed by atoms with Crippen molar-refractivity contribution in [2.75, 3.05) is 31.1 Å². The summed E-state index contributed by atoms with van der Waals surface area (Å²) in [6, 6.07) is 9.92. The summed E-state index contributed by atoms with van der Waals surface area (Å²) < 4.78 is 0. The lowest BCUT2D eigenvalue weighted by molar-refractivity contribution is -0.139. The molecule has 0 aliphatic carbocycles. The number of anilines is 1. The van der Waals surface area contributed by atoms with Crippen LogP contribution in [-0.4, -0.2) is 63.7 Å². The molecule has 0 bridgehead atoms. The van der Waals surface area contributed by atoms with Gasteiger partial charge in [-0.05, 0) is 31.7 Å². The third-order valence-electron chi connectivity index (χ3n) is 6.91. The van der Waals surface area contributed by atoms with E-state index >= 15 is 0 Å². The summed E-state index contributed by atoms with van der Waals surface area (Å²) in [6.07, 6.45) is 3.47. The molecule has 8 nitrogen and oxygen atoms in total. The monoisotopic (exact) mass is 447 g/mol. The molecule has 0 radical (unpaired) electrons. The molecule has 8 heteroatoms. The zero-order valence-corrected chi connectivity index (χ0v) is 19.0. The van der Waals surface area contributed by atoms with E-state index in [1.54, 1.807) is 9.80 Å². The number of likely N-dealkylation sites (tertiary alicyclic amines) is 2. The molecule has 0 saturated carbocycles. The SMILES string of the molecule is Cc1nc(C2CCCN(C(=O)CN3CCCC3=O)C2)nc2c1CC(=O)N2Cc1ccccc1. The smallest absolute Gasteiger partial charge is 0.242 e. The predicted molar refractivity (Wildman–Crippen MR) is 122 cm³/mol. The van der Waals surface area contributed by atoms with Crippen LogP contribution in [-0.2, 0) is 27.3 Å². The van der Waals surface area contributed by atoms with E-state index in [1.165, 1.54) is 0 Å². The lowest BCUT2D eigenvalue weighted by atomic mass is 9.96. The summed E-state index contributed by atoms with van der Waals surface area (Å²) in [7, 11) is 0. The number of hydrogen-bond donors (Lipinski definition) is 0. The fourth-order valence-electron chi connectivity index (χ4n) is 5.06. The van der Waals surface area contributed by atoms with Crippen LogP contribution in [0.3, 0.4) is 0 Å². The lowest BCUT2D eigenvalue weighted by Gasteiger charge is -2.33. The largest absolute Gasteiger partial charge is 0.340 e.